The first-order valence-electron chi connectivity index (χ1n) is 9.08. The molecule has 0 amide bonds. The number of benzene rings is 3. The Morgan fingerprint density at radius 2 is 1.26 bits per heavy atom. The first-order chi connectivity index (χ1) is 14.5. The molecule has 0 heterocycles. The first kappa shape index (κ1) is 22.9. The van der Waals surface area contributed by atoms with Gasteiger partial charge in [-0.15, -0.1) is 0 Å². The van der Waals surface area contributed by atoms with Crippen molar-refractivity contribution in [1.82, 2.24) is 0 Å². The molecule has 10 heteroatoms. The SMILES string of the molecule is COc1ccc(NS(=O)(=O)c2ccc(NS(=O)(=O)c3cc(C)c(Cl)cc3C)cc2)cc1. The lowest BCUT2D eigenvalue weighted by atomic mass is 10.2. The molecule has 0 bridgehead atoms. The van der Waals surface area contributed by atoms with Gasteiger partial charge in [0.15, 0.2) is 0 Å². The van der Waals surface area contributed by atoms with Gasteiger partial charge >= 0.3 is 0 Å². The number of hydrogen-bond donors (Lipinski definition) is 2. The number of ether oxygens (including phenoxy) is 1. The molecular formula is C21H21ClN2O5S2. The Morgan fingerprint density at radius 3 is 1.81 bits per heavy atom. The van der Waals surface area contributed by atoms with Crippen LogP contribution >= 0.6 is 11.6 Å². The van der Waals surface area contributed by atoms with Crippen LogP contribution in [0.3, 0.4) is 0 Å². The minimum absolute atomic E-state index is 0.00946. The number of hydrogen-bond acceptors (Lipinski definition) is 5. The first-order valence-corrected chi connectivity index (χ1v) is 12.4. The molecule has 0 spiro atoms. The summed E-state index contributed by atoms with van der Waals surface area (Å²) in [5.41, 5.74) is 1.75. The van der Waals surface area contributed by atoms with Crippen LogP contribution < -0.4 is 14.2 Å². The fourth-order valence-corrected chi connectivity index (χ4v) is 5.48. The van der Waals surface area contributed by atoms with Gasteiger partial charge in [-0.3, -0.25) is 9.44 Å². The van der Waals surface area contributed by atoms with Crippen molar-refractivity contribution in [2.45, 2.75) is 23.6 Å². The molecule has 3 aromatic rings. The molecule has 0 fully saturated rings. The highest BCUT2D eigenvalue weighted by atomic mass is 35.5. The number of nitrogens with one attached hydrogen (secondary N) is 2. The summed E-state index contributed by atoms with van der Waals surface area (Å²) in [5.74, 6) is 0.603. The van der Waals surface area contributed by atoms with E-state index in [4.69, 9.17) is 16.3 Å². The van der Waals surface area contributed by atoms with Gasteiger partial charge in [-0.1, -0.05) is 11.6 Å². The molecule has 0 saturated carbocycles. The van der Waals surface area contributed by atoms with Crippen molar-refractivity contribution in [1.29, 1.82) is 0 Å². The van der Waals surface area contributed by atoms with Crippen molar-refractivity contribution in [3.8, 4) is 5.75 Å². The molecule has 0 aliphatic heterocycles. The molecule has 3 rings (SSSR count). The van der Waals surface area contributed by atoms with Crippen LogP contribution in [0.4, 0.5) is 11.4 Å². The summed E-state index contributed by atoms with van der Waals surface area (Å²) in [6.45, 7) is 3.37. The summed E-state index contributed by atoms with van der Waals surface area (Å²) in [7, 11) is -6.20. The van der Waals surface area contributed by atoms with E-state index >= 15 is 0 Å². The summed E-state index contributed by atoms with van der Waals surface area (Å²) in [6.07, 6.45) is 0. The fraction of sp³-hybridized carbons (Fsp3) is 0.143. The molecule has 0 saturated heterocycles. The third kappa shape index (κ3) is 5.30. The maximum absolute atomic E-state index is 12.8. The van der Waals surface area contributed by atoms with Gasteiger partial charge in [0.2, 0.25) is 0 Å². The average Bonchev–Trinajstić information content (AvgIpc) is 2.71. The van der Waals surface area contributed by atoms with Crippen molar-refractivity contribution in [2.75, 3.05) is 16.6 Å². The highest BCUT2D eigenvalue weighted by Gasteiger charge is 2.19. The largest absolute Gasteiger partial charge is 0.497 e. The van der Waals surface area contributed by atoms with Crippen molar-refractivity contribution < 1.29 is 21.6 Å². The van der Waals surface area contributed by atoms with E-state index in [1.165, 1.54) is 37.4 Å². The van der Waals surface area contributed by atoms with Gasteiger partial charge in [-0.05, 0) is 85.6 Å². The van der Waals surface area contributed by atoms with Crippen molar-refractivity contribution >= 4 is 43.0 Å². The lowest BCUT2D eigenvalue weighted by molar-refractivity contribution is 0.415. The minimum atomic E-state index is -3.87. The van der Waals surface area contributed by atoms with E-state index in [1.807, 2.05) is 0 Å². The molecule has 164 valence electrons. The maximum atomic E-state index is 12.8. The van der Waals surface area contributed by atoms with E-state index in [1.54, 1.807) is 44.2 Å². The zero-order chi connectivity index (χ0) is 22.8. The van der Waals surface area contributed by atoms with Crippen LogP contribution in [-0.2, 0) is 20.0 Å². The Labute approximate surface area is 187 Å². The molecule has 0 aliphatic carbocycles. The predicted molar refractivity (Wildman–Crippen MR) is 122 cm³/mol. The number of halogens is 1. The average molecular weight is 481 g/mol. The van der Waals surface area contributed by atoms with E-state index in [-0.39, 0.29) is 15.5 Å². The molecule has 2 N–H and O–H groups in total. The highest BCUT2D eigenvalue weighted by molar-refractivity contribution is 7.93. The smallest absolute Gasteiger partial charge is 0.262 e. The summed E-state index contributed by atoms with van der Waals surface area (Å²) in [4.78, 5) is 0.0945. The number of methoxy groups -OCH3 is 1. The van der Waals surface area contributed by atoms with Crippen LogP contribution in [0.15, 0.2) is 70.5 Å². The van der Waals surface area contributed by atoms with Crippen molar-refractivity contribution in [3.05, 3.63) is 76.8 Å². The second-order valence-corrected chi connectivity index (χ2v) is 10.6. The topological polar surface area (TPSA) is 102 Å². The van der Waals surface area contributed by atoms with Gasteiger partial charge in [-0.2, -0.15) is 0 Å². The molecule has 0 unspecified atom stereocenters. The van der Waals surface area contributed by atoms with Gasteiger partial charge in [0.1, 0.15) is 5.75 Å². The van der Waals surface area contributed by atoms with Crippen LogP contribution in [-0.4, -0.2) is 23.9 Å². The molecular weight excluding hydrogens is 460 g/mol. The summed E-state index contributed by atoms with van der Waals surface area (Å²) in [6, 6.07) is 14.9. The molecule has 31 heavy (non-hydrogen) atoms. The summed E-state index contributed by atoms with van der Waals surface area (Å²) >= 11 is 6.05. The Bertz CT molecular complexity index is 1310. The van der Waals surface area contributed by atoms with Gasteiger partial charge in [-0.25, -0.2) is 16.8 Å². The van der Waals surface area contributed by atoms with Gasteiger partial charge in [0.05, 0.1) is 16.9 Å². The van der Waals surface area contributed by atoms with E-state index in [0.29, 0.717) is 27.6 Å². The van der Waals surface area contributed by atoms with Gasteiger partial charge in [0.25, 0.3) is 20.0 Å². The molecule has 0 radical (unpaired) electrons. The molecule has 0 atom stereocenters. The Kier molecular flexibility index (Phi) is 6.49. The predicted octanol–water partition coefficient (Wildman–Crippen LogP) is 4.57. The molecule has 7 nitrogen and oxygen atoms in total. The number of rotatable bonds is 7. The van der Waals surface area contributed by atoms with Gasteiger partial charge < -0.3 is 4.74 Å². The lowest BCUT2D eigenvalue weighted by Gasteiger charge is -2.13. The standard InChI is InChI=1S/C21H21ClN2O5S2/c1-14-13-21(15(2)12-20(14)22)31(27,28)24-17-6-10-19(11-7-17)30(25,26)23-16-4-8-18(29-3)9-5-16/h4-13,23-24H,1-3H3. The summed E-state index contributed by atoms with van der Waals surface area (Å²) in [5, 5.41) is 0.482. The number of aryl methyl sites for hydroxylation is 2. The van der Waals surface area contributed by atoms with Crippen LogP contribution in [0.25, 0.3) is 0 Å². The number of sulfonamides is 2. The van der Waals surface area contributed by atoms with E-state index in [0.717, 1.165) is 0 Å². The van der Waals surface area contributed by atoms with E-state index < -0.39 is 20.0 Å². The van der Waals surface area contributed by atoms with Crippen molar-refractivity contribution in [3.63, 3.8) is 0 Å². The quantitative estimate of drug-likeness (QED) is 0.516. The molecule has 0 aliphatic rings. The van der Waals surface area contributed by atoms with Gasteiger partial charge in [0, 0.05) is 16.4 Å². The van der Waals surface area contributed by atoms with E-state index in [9.17, 15) is 16.8 Å². The lowest BCUT2D eigenvalue weighted by Crippen LogP contribution is -2.15. The molecule has 0 aromatic heterocycles. The zero-order valence-electron chi connectivity index (χ0n) is 17.0. The second-order valence-electron chi connectivity index (χ2n) is 6.83. The van der Waals surface area contributed by atoms with Crippen LogP contribution in [0.1, 0.15) is 11.1 Å². The Hall–Kier alpha value is -2.75. The third-order valence-electron chi connectivity index (χ3n) is 4.50. The second kappa shape index (κ2) is 8.78. The van der Waals surface area contributed by atoms with Crippen LogP contribution in [0.2, 0.25) is 5.02 Å². The zero-order valence-corrected chi connectivity index (χ0v) is 19.4. The minimum Gasteiger partial charge on any atom is -0.497 e. The van der Waals surface area contributed by atoms with Crippen molar-refractivity contribution in [2.24, 2.45) is 0 Å². The highest BCUT2D eigenvalue weighted by Crippen LogP contribution is 2.26. The number of anilines is 2. The summed E-state index contributed by atoms with van der Waals surface area (Å²) < 4.78 is 60.7. The Morgan fingerprint density at radius 1 is 0.742 bits per heavy atom. The fourth-order valence-electron chi connectivity index (χ4n) is 2.83. The monoisotopic (exact) mass is 480 g/mol. The Balaban J connectivity index is 1.80. The third-order valence-corrected chi connectivity index (χ3v) is 7.83. The maximum Gasteiger partial charge on any atom is 0.262 e. The van der Waals surface area contributed by atoms with Crippen LogP contribution in [0.5, 0.6) is 5.75 Å². The van der Waals surface area contributed by atoms with Crippen LogP contribution in [0, 0.1) is 13.8 Å². The normalized spacial score (nSPS) is 11.7. The molecule has 3 aromatic carbocycles. The van der Waals surface area contributed by atoms with E-state index in [2.05, 4.69) is 9.44 Å².